The van der Waals surface area contributed by atoms with Crippen molar-refractivity contribution in [2.24, 2.45) is 0 Å². The van der Waals surface area contributed by atoms with Crippen molar-refractivity contribution in [3.05, 3.63) is 76.3 Å². The monoisotopic (exact) mass is 374 g/mol. The molecule has 4 rings (SSSR count). The van der Waals surface area contributed by atoms with Crippen molar-refractivity contribution >= 4 is 39.3 Å². The van der Waals surface area contributed by atoms with Crippen molar-refractivity contribution in [3.63, 3.8) is 0 Å². The number of ether oxygens (including phenoxy) is 1. The Balaban J connectivity index is 1.66. The Morgan fingerprint density at radius 2 is 1.64 bits per heavy atom. The fraction of sp³-hybridized carbons (Fsp3) is 0.0500. The van der Waals surface area contributed by atoms with E-state index in [1.807, 2.05) is 24.3 Å². The maximum atomic E-state index is 12.6. The quantitative estimate of drug-likeness (QED) is 0.329. The van der Waals surface area contributed by atoms with Gasteiger partial charge in [-0.15, -0.1) is 0 Å². The average molecular weight is 374 g/mol. The first-order valence-corrected chi connectivity index (χ1v) is 8.35. The Hall–Kier alpha value is -4.07. The van der Waals surface area contributed by atoms with Crippen molar-refractivity contribution in [3.8, 4) is 5.75 Å². The number of methoxy groups -OCH3 is 1. The van der Waals surface area contributed by atoms with Gasteiger partial charge in [0, 0.05) is 17.3 Å². The van der Waals surface area contributed by atoms with Crippen LogP contribution in [0.15, 0.2) is 60.7 Å². The van der Waals surface area contributed by atoms with Gasteiger partial charge in [0.15, 0.2) is 5.75 Å². The molecular weight excluding hydrogens is 360 g/mol. The van der Waals surface area contributed by atoms with Crippen molar-refractivity contribution in [2.75, 3.05) is 12.4 Å². The smallest absolute Gasteiger partial charge is 0.312 e. The van der Waals surface area contributed by atoms with Crippen molar-refractivity contribution in [2.45, 2.75) is 0 Å². The summed E-state index contributed by atoms with van der Waals surface area (Å²) in [7, 11) is 1.35. The lowest BCUT2D eigenvalue weighted by Gasteiger charge is -2.08. The van der Waals surface area contributed by atoms with Gasteiger partial charge in [0.1, 0.15) is 0 Å². The molecule has 3 aromatic carbocycles. The highest BCUT2D eigenvalue weighted by Crippen LogP contribution is 2.30. The van der Waals surface area contributed by atoms with E-state index in [0.29, 0.717) is 22.3 Å². The molecule has 0 aliphatic heterocycles. The van der Waals surface area contributed by atoms with Crippen molar-refractivity contribution in [1.82, 2.24) is 9.97 Å². The number of carbonyl (C=O) groups is 1. The maximum Gasteiger partial charge on any atom is 0.312 e. The summed E-state index contributed by atoms with van der Waals surface area (Å²) in [6.07, 6.45) is 0. The SMILES string of the molecule is COc1ccc(NC(=O)c2ccc3nc4ccccc4nc3c2)cc1[N+](=O)[O-]. The minimum atomic E-state index is -0.564. The number of nitrogens with one attached hydrogen (secondary N) is 1. The summed E-state index contributed by atoms with van der Waals surface area (Å²) >= 11 is 0. The number of nitrogens with zero attached hydrogens (tertiary/aromatic N) is 3. The molecule has 1 aromatic heterocycles. The standard InChI is InChI=1S/C20H14N4O4/c1-28-19-9-7-13(11-18(19)24(26)27)21-20(25)12-6-8-16-17(10-12)23-15-5-3-2-4-14(15)22-16/h2-11H,1H3,(H,21,25). The Kier molecular flexibility index (Phi) is 4.29. The van der Waals surface area contributed by atoms with Gasteiger partial charge in [-0.25, -0.2) is 9.97 Å². The normalized spacial score (nSPS) is 10.8. The van der Waals surface area contributed by atoms with Gasteiger partial charge in [-0.2, -0.15) is 0 Å². The number of aromatic nitrogens is 2. The van der Waals surface area contributed by atoms with E-state index in [2.05, 4.69) is 15.3 Å². The van der Waals surface area contributed by atoms with Gasteiger partial charge in [0.25, 0.3) is 5.91 Å². The predicted octanol–water partition coefficient (Wildman–Crippen LogP) is 3.95. The second-order valence-corrected chi connectivity index (χ2v) is 6.01. The third-order valence-corrected chi connectivity index (χ3v) is 4.23. The third kappa shape index (κ3) is 3.18. The average Bonchev–Trinajstić information content (AvgIpc) is 2.71. The molecule has 1 N–H and O–H groups in total. The van der Waals surface area contributed by atoms with Crippen molar-refractivity contribution < 1.29 is 14.5 Å². The molecule has 0 bridgehead atoms. The van der Waals surface area contributed by atoms with Crippen LogP contribution in [0.25, 0.3) is 22.1 Å². The summed E-state index contributed by atoms with van der Waals surface area (Å²) in [5.74, 6) is -0.285. The first-order chi connectivity index (χ1) is 13.5. The first kappa shape index (κ1) is 17.3. The fourth-order valence-electron chi connectivity index (χ4n) is 2.88. The zero-order valence-corrected chi connectivity index (χ0v) is 14.7. The minimum Gasteiger partial charge on any atom is -0.490 e. The van der Waals surface area contributed by atoms with E-state index in [4.69, 9.17) is 4.74 Å². The van der Waals surface area contributed by atoms with Crippen LogP contribution in [0.5, 0.6) is 5.75 Å². The molecular formula is C20H14N4O4. The molecule has 0 aliphatic carbocycles. The van der Waals surface area contributed by atoms with Crippen LogP contribution in [0.4, 0.5) is 11.4 Å². The number of hydrogen-bond acceptors (Lipinski definition) is 6. The molecule has 1 amide bonds. The van der Waals surface area contributed by atoms with Crippen LogP contribution in [-0.4, -0.2) is 27.9 Å². The van der Waals surface area contributed by atoms with Gasteiger partial charge in [0.05, 0.1) is 34.1 Å². The van der Waals surface area contributed by atoms with E-state index in [1.54, 1.807) is 18.2 Å². The first-order valence-electron chi connectivity index (χ1n) is 8.35. The van der Waals surface area contributed by atoms with Gasteiger partial charge in [0.2, 0.25) is 0 Å². The molecule has 0 unspecified atom stereocenters. The van der Waals surface area contributed by atoms with E-state index in [-0.39, 0.29) is 11.4 Å². The van der Waals surface area contributed by atoms with Crippen LogP contribution in [0.3, 0.4) is 0 Å². The molecule has 0 radical (unpaired) electrons. The van der Waals surface area contributed by atoms with E-state index in [9.17, 15) is 14.9 Å². The number of amides is 1. The van der Waals surface area contributed by atoms with Crippen molar-refractivity contribution in [1.29, 1.82) is 0 Å². The number of hydrogen-bond donors (Lipinski definition) is 1. The summed E-state index contributed by atoms with van der Waals surface area (Å²) in [6.45, 7) is 0. The molecule has 8 nitrogen and oxygen atoms in total. The Labute approximate surface area is 158 Å². The Morgan fingerprint density at radius 3 is 2.32 bits per heavy atom. The van der Waals surface area contributed by atoms with Gasteiger partial charge in [-0.1, -0.05) is 12.1 Å². The van der Waals surface area contributed by atoms with Crippen LogP contribution in [-0.2, 0) is 0 Å². The molecule has 0 spiro atoms. The van der Waals surface area contributed by atoms with Crippen LogP contribution < -0.4 is 10.1 Å². The van der Waals surface area contributed by atoms with E-state index in [0.717, 1.165) is 11.0 Å². The lowest BCUT2D eigenvalue weighted by molar-refractivity contribution is -0.385. The van der Waals surface area contributed by atoms with Crippen LogP contribution in [0.1, 0.15) is 10.4 Å². The third-order valence-electron chi connectivity index (χ3n) is 4.23. The summed E-state index contributed by atoms with van der Waals surface area (Å²) in [6, 6.07) is 16.7. The lowest BCUT2D eigenvalue weighted by Crippen LogP contribution is -2.12. The summed E-state index contributed by atoms with van der Waals surface area (Å²) in [4.78, 5) is 32.2. The van der Waals surface area contributed by atoms with Crippen LogP contribution in [0, 0.1) is 10.1 Å². The summed E-state index contributed by atoms with van der Waals surface area (Å²) < 4.78 is 4.96. The molecule has 0 saturated carbocycles. The topological polar surface area (TPSA) is 107 Å². The van der Waals surface area contributed by atoms with Gasteiger partial charge >= 0.3 is 5.69 Å². The predicted molar refractivity (Wildman–Crippen MR) is 105 cm³/mol. The number of benzene rings is 3. The number of carbonyl (C=O) groups excluding carboxylic acids is 1. The highest BCUT2D eigenvalue weighted by atomic mass is 16.6. The number of nitro benzene ring substituents is 1. The summed E-state index contributed by atoms with van der Waals surface area (Å²) in [5.41, 5.74) is 3.22. The Bertz CT molecular complexity index is 1240. The Morgan fingerprint density at radius 1 is 0.964 bits per heavy atom. The molecule has 138 valence electrons. The molecule has 0 saturated heterocycles. The molecule has 8 heteroatoms. The van der Waals surface area contributed by atoms with E-state index < -0.39 is 10.8 Å². The van der Waals surface area contributed by atoms with Gasteiger partial charge in [-0.05, 0) is 42.5 Å². The zero-order valence-electron chi connectivity index (χ0n) is 14.7. The highest BCUT2D eigenvalue weighted by molar-refractivity contribution is 6.06. The molecule has 4 aromatic rings. The molecule has 28 heavy (non-hydrogen) atoms. The molecule has 0 aliphatic rings. The number of anilines is 1. The highest BCUT2D eigenvalue weighted by Gasteiger charge is 2.17. The minimum absolute atomic E-state index is 0.121. The summed E-state index contributed by atoms with van der Waals surface area (Å²) in [5, 5.41) is 13.8. The van der Waals surface area contributed by atoms with Crippen LogP contribution in [0.2, 0.25) is 0 Å². The van der Waals surface area contributed by atoms with E-state index in [1.165, 1.54) is 25.3 Å². The van der Waals surface area contributed by atoms with Crippen LogP contribution >= 0.6 is 0 Å². The second kappa shape index (κ2) is 6.92. The molecule has 0 atom stereocenters. The number of nitro groups is 1. The maximum absolute atomic E-state index is 12.6. The van der Waals surface area contributed by atoms with E-state index >= 15 is 0 Å². The zero-order chi connectivity index (χ0) is 19.7. The number of para-hydroxylation sites is 2. The molecule has 0 fully saturated rings. The molecule has 1 heterocycles. The number of rotatable bonds is 4. The van der Waals surface area contributed by atoms with Gasteiger partial charge in [-0.3, -0.25) is 14.9 Å². The largest absolute Gasteiger partial charge is 0.490 e. The lowest BCUT2D eigenvalue weighted by atomic mass is 10.1. The van der Waals surface area contributed by atoms with Gasteiger partial charge < -0.3 is 10.1 Å². The second-order valence-electron chi connectivity index (χ2n) is 6.01. The number of fused-ring (bicyclic) bond motifs is 2. The fourth-order valence-corrected chi connectivity index (χ4v) is 2.88.